The van der Waals surface area contributed by atoms with Gasteiger partial charge in [0, 0.05) is 56.0 Å². The second-order valence-electron chi connectivity index (χ2n) is 10.3. The molecular weight excluding hydrogens is 422 g/mol. The second-order valence-corrected chi connectivity index (χ2v) is 10.3. The predicted octanol–water partition coefficient (Wildman–Crippen LogP) is 4.14. The molecule has 2 heterocycles. The Hall–Kier alpha value is -2.31. The Morgan fingerprint density at radius 2 is 1.64 bits per heavy atom. The van der Waals surface area contributed by atoms with Gasteiger partial charge in [0.15, 0.2) is 0 Å². The van der Waals surface area contributed by atoms with Crippen LogP contribution in [-0.4, -0.2) is 53.0 Å². The Morgan fingerprint density at radius 3 is 2.24 bits per heavy atom. The minimum Gasteiger partial charge on any atom is -0.384 e. The SMILES string of the molecule is C[C@@H]1CN(C(=O)[C@@H]2CN(C3CC3)C[C@H]2c2ccc(F)cc2F)C[C@H](C)C1(O)c1ccccc1. The lowest BCUT2D eigenvalue weighted by Gasteiger charge is -2.48. The van der Waals surface area contributed by atoms with Crippen LogP contribution in [0.2, 0.25) is 0 Å². The monoisotopic (exact) mass is 454 g/mol. The fraction of sp³-hybridized carbons (Fsp3) is 0.519. The molecule has 1 amide bonds. The van der Waals surface area contributed by atoms with Gasteiger partial charge in [-0.3, -0.25) is 9.69 Å². The van der Waals surface area contributed by atoms with Gasteiger partial charge in [-0.1, -0.05) is 50.2 Å². The molecule has 1 unspecified atom stereocenters. The van der Waals surface area contributed by atoms with E-state index in [-0.39, 0.29) is 29.6 Å². The lowest BCUT2D eigenvalue weighted by atomic mass is 9.70. The van der Waals surface area contributed by atoms with Crippen molar-refractivity contribution in [1.82, 2.24) is 9.80 Å². The summed E-state index contributed by atoms with van der Waals surface area (Å²) in [5.41, 5.74) is 0.303. The number of carbonyl (C=O) groups excluding carboxylic acids is 1. The van der Waals surface area contributed by atoms with Crippen molar-refractivity contribution in [3.63, 3.8) is 0 Å². The van der Waals surface area contributed by atoms with E-state index in [2.05, 4.69) is 4.90 Å². The maximum atomic E-state index is 14.7. The van der Waals surface area contributed by atoms with Crippen LogP contribution in [0.4, 0.5) is 8.78 Å². The van der Waals surface area contributed by atoms with Crippen LogP contribution >= 0.6 is 0 Å². The normalized spacial score (nSPS) is 32.8. The summed E-state index contributed by atoms with van der Waals surface area (Å²) in [6, 6.07) is 13.9. The van der Waals surface area contributed by atoms with Crippen LogP contribution in [0.1, 0.15) is 43.7 Å². The number of benzene rings is 2. The molecule has 0 aromatic heterocycles. The van der Waals surface area contributed by atoms with E-state index >= 15 is 0 Å². The van der Waals surface area contributed by atoms with Crippen LogP contribution in [-0.2, 0) is 10.4 Å². The fourth-order valence-corrected chi connectivity index (χ4v) is 6.13. The van der Waals surface area contributed by atoms with E-state index in [9.17, 15) is 18.7 Å². The zero-order chi connectivity index (χ0) is 23.3. The molecule has 2 saturated heterocycles. The standard InChI is InChI=1S/C27H32F2N2O2/c1-17-13-31(14-18(2)27(17,33)19-6-4-3-5-7-19)26(32)24-16-30(21-9-10-21)15-23(24)22-11-8-20(28)12-25(22)29/h3-8,11-12,17-18,21,23-24,33H,9-10,13-16H2,1-2H3/t17-,18+,23-,24+,27?/m0/s1. The molecule has 176 valence electrons. The Morgan fingerprint density at radius 1 is 0.970 bits per heavy atom. The average Bonchev–Trinajstić information content (AvgIpc) is 3.56. The Bertz CT molecular complexity index is 1010. The summed E-state index contributed by atoms with van der Waals surface area (Å²) in [6.45, 7) is 6.11. The molecule has 1 saturated carbocycles. The number of hydrogen-bond acceptors (Lipinski definition) is 3. The molecule has 2 aromatic rings. The number of carbonyl (C=O) groups is 1. The van der Waals surface area contributed by atoms with Crippen LogP contribution in [0.25, 0.3) is 0 Å². The van der Waals surface area contributed by atoms with E-state index in [1.54, 1.807) is 0 Å². The van der Waals surface area contributed by atoms with E-state index in [0.29, 0.717) is 37.8 Å². The first-order valence-electron chi connectivity index (χ1n) is 12.0. The molecule has 5 atom stereocenters. The molecule has 0 bridgehead atoms. The highest BCUT2D eigenvalue weighted by molar-refractivity contribution is 5.81. The van der Waals surface area contributed by atoms with Gasteiger partial charge in [-0.25, -0.2) is 8.78 Å². The number of halogens is 2. The van der Waals surface area contributed by atoms with Crippen LogP contribution in [0.15, 0.2) is 48.5 Å². The van der Waals surface area contributed by atoms with E-state index < -0.39 is 17.2 Å². The van der Waals surface area contributed by atoms with E-state index in [0.717, 1.165) is 24.5 Å². The fourth-order valence-electron chi connectivity index (χ4n) is 6.13. The molecule has 0 radical (unpaired) electrons. The molecule has 3 aliphatic rings. The van der Waals surface area contributed by atoms with E-state index in [4.69, 9.17) is 0 Å². The van der Waals surface area contributed by atoms with Crippen molar-refractivity contribution in [2.75, 3.05) is 26.2 Å². The molecule has 3 fully saturated rings. The van der Waals surface area contributed by atoms with Gasteiger partial charge >= 0.3 is 0 Å². The second kappa shape index (κ2) is 8.48. The minimum atomic E-state index is -1.00. The molecule has 1 N–H and O–H groups in total. The highest BCUT2D eigenvalue weighted by Gasteiger charge is 2.50. The van der Waals surface area contributed by atoms with Crippen molar-refractivity contribution in [1.29, 1.82) is 0 Å². The van der Waals surface area contributed by atoms with Crippen molar-refractivity contribution in [2.24, 2.45) is 17.8 Å². The first-order valence-corrected chi connectivity index (χ1v) is 12.0. The number of nitrogens with zero attached hydrogens (tertiary/aromatic N) is 2. The summed E-state index contributed by atoms with van der Waals surface area (Å²) in [7, 11) is 0. The number of piperidine rings is 1. The smallest absolute Gasteiger partial charge is 0.227 e. The summed E-state index contributed by atoms with van der Waals surface area (Å²) in [5, 5.41) is 11.6. The third-order valence-corrected chi connectivity index (χ3v) is 8.13. The molecule has 6 heteroatoms. The van der Waals surface area contributed by atoms with Crippen LogP contribution in [0, 0.1) is 29.4 Å². The summed E-state index contributed by atoms with van der Waals surface area (Å²) in [6.07, 6.45) is 2.23. The van der Waals surface area contributed by atoms with Crippen molar-refractivity contribution in [3.8, 4) is 0 Å². The summed E-state index contributed by atoms with van der Waals surface area (Å²) in [5.74, 6) is -2.11. The zero-order valence-electron chi connectivity index (χ0n) is 19.3. The molecule has 2 aliphatic heterocycles. The third-order valence-electron chi connectivity index (χ3n) is 8.13. The van der Waals surface area contributed by atoms with E-state index in [1.165, 1.54) is 12.1 Å². The molecule has 0 spiro atoms. The van der Waals surface area contributed by atoms with Gasteiger partial charge < -0.3 is 10.0 Å². The Balaban J connectivity index is 1.39. The van der Waals surface area contributed by atoms with E-state index in [1.807, 2.05) is 49.1 Å². The van der Waals surface area contributed by atoms with Crippen molar-refractivity contribution in [3.05, 3.63) is 71.3 Å². The number of hydrogen-bond donors (Lipinski definition) is 1. The van der Waals surface area contributed by atoms with Gasteiger partial charge in [0.25, 0.3) is 0 Å². The molecule has 2 aromatic carbocycles. The third kappa shape index (κ3) is 3.97. The number of amides is 1. The average molecular weight is 455 g/mol. The molecule has 1 aliphatic carbocycles. The number of aliphatic hydroxyl groups is 1. The summed E-state index contributed by atoms with van der Waals surface area (Å²) >= 11 is 0. The maximum Gasteiger partial charge on any atom is 0.227 e. The van der Waals surface area contributed by atoms with Gasteiger partial charge in [-0.05, 0) is 30.0 Å². The van der Waals surface area contributed by atoms with Gasteiger partial charge in [0.2, 0.25) is 5.91 Å². The van der Waals surface area contributed by atoms with Gasteiger partial charge in [0.1, 0.15) is 11.6 Å². The molecule has 4 nitrogen and oxygen atoms in total. The highest BCUT2D eigenvalue weighted by Crippen LogP contribution is 2.44. The van der Waals surface area contributed by atoms with Crippen LogP contribution in [0.3, 0.4) is 0 Å². The van der Waals surface area contributed by atoms with Crippen LogP contribution in [0.5, 0.6) is 0 Å². The highest BCUT2D eigenvalue weighted by atomic mass is 19.1. The Kier molecular flexibility index (Phi) is 5.78. The predicted molar refractivity (Wildman–Crippen MR) is 122 cm³/mol. The quantitative estimate of drug-likeness (QED) is 0.755. The van der Waals surface area contributed by atoms with Crippen molar-refractivity contribution < 1.29 is 18.7 Å². The largest absolute Gasteiger partial charge is 0.384 e. The topological polar surface area (TPSA) is 43.8 Å². The summed E-state index contributed by atoms with van der Waals surface area (Å²) in [4.78, 5) is 18.0. The lowest BCUT2D eigenvalue weighted by Crippen LogP contribution is -2.57. The number of likely N-dealkylation sites (tertiary alicyclic amines) is 2. The maximum absolute atomic E-state index is 14.7. The lowest BCUT2D eigenvalue weighted by molar-refractivity contribution is -0.152. The van der Waals surface area contributed by atoms with Gasteiger partial charge in [-0.15, -0.1) is 0 Å². The molecule has 33 heavy (non-hydrogen) atoms. The van der Waals surface area contributed by atoms with Gasteiger partial charge in [0.05, 0.1) is 11.5 Å². The minimum absolute atomic E-state index is 0.0145. The van der Waals surface area contributed by atoms with Crippen molar-refractivity contribution in [2.45, 2.75) is 44.2 Å². The first-order chi connectivity index (χ1) is 15.8. The Labute approximate surface area is 194 Å². The first kappa shape index (κ1) is 22.5. The van der Waals surface area contributed by atoms with Crippen molar-refractivity contribution >= 4 is 5.91 Å². The van der Waals surface area contributed by atoms with Gasteiger partial charge in [-0.2, -0.15) is 0 Å². The van der Waals surface area contributed by atoms with Crippen LogP contribution < -0.4 is 0 Å². The summed E-state index contributed by atoms with van der Waals surface area (Å²) < 4.78 is 28.3. The number of rotatable bonds is 4. The zero-order valence-corrected chi connectivity index (χ0v) is 19.3. The molecule has 5 rings (SSSR count). The molecular formula is C27H32F2N2O2.